The van der Waals surface area contributed by atoms with Gasteiger partial charge >= 0.3 is 0 Å². The van der Waals surface area contributed by atoms with E-state index < -0.39 is 16.9 Å². The zero-order chi connectivity index (χ0) is 19.3. The van der Waals surface area contributed by atoms with Gasteiger partial charge in [-0.1, -0.05) is 19.9 Å². The van der Waals surface area contributed by atoms with Crippen LogP contribution < -0.4 is 10.6 Å². The summed E-state index contributed by atoms with van der Waals surface area (Å²) in [5, 5.41) is 36.5. The van der Waals surface area contributed by atoms with Crippen molar-refractivity contribution in [2.45, 2.75) is 26.0 Å². The lowest BCUT2D eigenvalue weighted by molar-refractivity contribution is -0.384. The number of hydrogen-bond acceptors (Lipinski definition) is 6. The molecule has 0 saturated heterocycles. The lowest BCUT2D eigenvalue weighted by atomic mass is 10.1. The zero-order valence-electron chi connectivity index (χ0n) is 14.5. The number of benzene rings is 2. The molecule has 2 aromatic carbocycles. The normalized spacial score (nSPS) is 12.0. The summed E-state index contributed by atoms with van der Waals surface area (Å²) in [5.74, 6) is -0.671. The van der Waals surface area contributed by atoms with E-state index in [1.165, 1.54) is 36.4 Å². The number of nitrogens with zero attached hydrogens (tertiary/aromatic N) is 1. The fourth-order valence-corrected chi connectivity index (χ4v) is 2.26. The Hall–Kier alpha value is -2.97. The van der Waals surface area contributed by atoms with Crippen molar-refractivity contribution in [3.8, 4) is 5.75 Å². The highest BCUT2D eigenvalue weighted by atomic mass is 16.6. The molecule has 2 aromatic rings. The number of nitro groups is 1. The summed E-state index contributed by atoms with van der Waals surface area (Å²) in [5.41, 5.74) is 0.777. The summed E-state index contributed by atoms with van der Waals surface area (Å²) in [6, 6.07) is 9.78. The average molecular weight is 359 g/mol. The average Bonchev–Trinajstić information content (AvgIpc) is 2.61. The third kappa shape index (κ3) is 5.01. The van der Waals surface area contributed by atoms with Gasteiger partial charge in [-0.15, -0.1) is 0 Å². The lowest BCUT2D eigenvalue weighted by Gasteiger charge is -2.16. The van der Waals surface area contributed by atoms with Gasteiger partial charge in [0.25, 0.3) is 11.6 Å². The van der Waals surface area contributed by atoms with Gasteiger partial charge in [0.1, 0.15) is 5.75 Å². The van der Waals surface area contributed by atoms with E-state index in [9.17, 15) is 25.1 Å². The van der Waals surface area contributed by atoms with E-state index >= 15 is 0 Å². The molecular weight excluding hydrogens is 338 g/mol. The van der Waals surface area contributed by atoms with Gasteiger partial charge in [0, 0.05) is 30.3 Å². The summed E-state index contributed by atoms with van der Waals surface area (Å²) in [7, 11) is 0. The number of aliphatic hydroxyl groups is 1. The molecule has 1 amide bonds. The van der Waals surface area contributed by atoms with Gasteiger partial charge in [-0.05, 0) is 29.8 Å². The van der Waals surface area contributed by atoms with Crippen LogP contribution in [0.15, 0.2) is 42.5 Å². The first kappa shape index (κ1) is 19.4. The molecule has 138 valence electrons. The molecular formula is C18H21N3O5. The van der Waals surface area contributed by atoms with Crippen molar-refractivity contribution in [2.24, 2.45) is 0 Å². The van der Waals surface area contributed by atoms with Crippen molar-refractivity contribution in [3.63, 3.8) is 0 Å². The van der Waals surface area contributed by atoms with Crippen molar-refractivity contribution >= 4 is 17.3 Å². The monoisotopic (exact) mass is 359 g/mol. The molecule has 0 aliphatic rings. The Morgan fingerprint density at radius 1 is 1.19 bits per heavy atom. The second kappa shape index (κ2) is 8.41. The molecule has 4 N–H and O–H groups in total. The highest BCUT2D eigenvalue weighted by Gasteiger charge is 2.14. The van der Waals surface area contributed by atoms with Crippen LogP contribution in [0.4, 0.5) is 11.4 Å². The molecule has 1 atom stereocenters. The second-order valence-electron chi connectivity index (χ2n) is 6.11. The Morgan fingerprint density at radius 3 is 2.42 bits per heavy atom. The molecule has 0 fully saturated rings. The molecule has 0 bridgehead atoms. The highest BCUT2D eigenvalue weighted by molar-refractivity contribution is 6.05. The van der Waals surface area contributed by atoms with Crippen LogP contribution in [0.1, 0.15) is 35.9 Å². The number of non-ortho nitro benzene ring substituents is 1. The topological polar surface area (TPSA) is 125 Å². The smallest absolute Gasteiger partial charge is 0.269 e. The maximum atomic E-state index is 12.3. The van der Waals surface area contributed by atoms with Crippen molar-refractivity contribution in [1.29, 1.82) is 0 Å². The summed E-state index contributed by atoms with van der Waals surface area (Å²) in [6.45, 7) is 4.25. The van der Waals surface area contributed by atoms with Crippen LogP contribution in [0.3, 0.4) is 0 Å². The summed E-state index contributed by atoms with van der Waals surface area (Å²) < 4.78 is 0. The maximum Gasteiger partial charge on any atom is 0.269 e. The van der Waals surface area contributed by atoms with Gasteiger partial charge in [0.05, 0.1) is 16.7 Å². The Kier molecular flexibility index (Phi) is 6.26. The van der Waals surface area contributed by atoms with E-state index in [4.69, 9.17) is 0 Å². The van der Waals surface area contributed by atoms with Crippen LogP contribution >= 0.6 is 0 Å². The number of phenolic OH excluding ortho intramolecular Hbond substituents is 1. The van der Waals surface area contributed by atoms with Gasteiger partial charge < -0.3 is 20.8 Å². The maximum absolute atomic E-state index is 12.3. The molecule has 2 rings (SSSR count). The van der Waals surface area contributed by atoms with E-state index in [2.05, 4.69) is 10.6 Å². The first-order valence-electron chi connectivity index (χ1n) is 8.08. The van der Waals surface area contributed by atoms with Gasteiger partial charge in [-0.2, -0.15) is 0 Å². The largest absolute Gasteiger partial charge is 0.506 e. The van der Waals surface area contributed by atoms with E-state index in [1.54, 1.807) is 6.07 Å². The number of carbonyl (C=O) groups is 1. The van der Waals surface area contributed by atoms with Crippen LogP contribution in [0.25, 0.3) is 0 Å². The minimum Gasteiger partial charge on any atom is -0.506 e. The fraction of sp³-hybridized carbons (Fsp3) is 0.278. The van der Waals surface area contributed by atoms with Crippen LogP contribution in [-0.4, -0.2) is 33.6 Å². The number of aromatic hydroxyl groups is 1. The predicted molar refractivity (Wildman–Crippen MR) is 97.3 cm³/mol. The first-order chi connectivity index (χ1) is 12.3. The Labute approximate surface area is 150 Å². The number of anilines is 1. The molecule has 0 aromatic heterocycles. The van der Waals surface area contributed by atoms with Crippen molar-refractivity contribution in [3.05, 3.63) is 63.7 Å². The molecule has 0 saturated carbocycles. The summed E-state index contributed by atoms with van der Waals surface area (Å²) >= 11 is 0. The SMILES string of the molecule is CC(C)NCC(O)c1ccc(O)c(NC(=O)c2ccc([N+](=O)[O-])cc2)c1. The van der Waals surface area contributed by atoms with Crippen LogP contribution in [0, 0.1) is 10.1 Å². The van der Waals surface area contributed by atoms with E-state index in [1.807, 2.05) is 13.8 Å². The number of carbonyl (C=O) groups excluding carboxylic acids is 1. The molecule has 0 radical (unpaired) electrons. The van der Waals surface area contributed by atoms with Crippen LogP contribution in [0.2, 0.25) is 0 Å². The number of hydrogen-bond donors (Lipinski definition) is 4. The van der Waals surface area contributed by atoms with Crippen LogP contribution in [0.5, 0.6) is 5.75 Å². The molecule has 0 heterocycles. The number of nitrogens with one attached hydrogen (secondary N) is 2. The fourth-order valence-electron chi connectivity index (χ4n) is 2.26. The third-order valence-electron chi connectivity index (χ3n) is 3.71. The van der Waals surface area contributed by atoms with Gasteiger partial charge in [0.2, 0.25) is 0 Å². The molecule has 0 spiro atoms. The number of amides is 1. The molecule has 26 heavy (non-hydrogen) atoms. The quantitative estimate of drug-likeness (QED) is 0.342. The zero-order valence-corrected chi connectivity index (χ0v) is 14.5. The van der Waals surface area contributed by atoms with Gasteiger partial charge in [-0.3, -0.25) is 14.9 Å². The predicted octanol–water partition coefficient (Wildman–Crippen LogP) is 2.58. The Balaban J connectivity index is 2.13. The third-order valence-corrected chi connectivity index (χ3v) is 3.71. The summed E-state index contributed by atoms with van der Waals surface area (Å²) in [6.07, 6.45) is -0.798. The van der Waals surface area contributed by atoms with Crippen LogP contribution in [-0.2, 0) is 0 Å². The molecule has 8 nitrogen and oxygen atoms in total. The highest BCUT2D eigenvalue weighted by Crippen LogP contribution is 2.27. The molecule has 0 aliphatic carbocycles. The van der Waals surface area contributed by atoms with E-state index in [0.29, 0.717) is 12.1 Å². The number of phenols is 1. The molecule has 0 aliphatic heterocycles. The summed E-state index contributed by atoms with van der Waals surface area (Å²) in [4.78, 5) is 22.4. The Bertz CT molecular complexity index is 790. The lowest BCUT2D eigenvalue weighted by Crippen LogP contribution is -2.27. The van der Waals surface area contributed by atoms with Crippen molar-refractivity contribution < 1.29 is 19.9 Å². The van der Waals surface area contributed by atoms with Gasteiger partial charge in [-0.25, -0.2) is 0 Å². The molecule has 1 unspecified atom stereocenters. The number of nitro benzene ring substituents is 1. The number of rotatable bonds is 7. The second-order valence-corrected chi connectivity index (χ2v) is 6.11. The minimum atomic E-state index is -0.798. The standard InChI is InChI=1S/C18H21N3O5/c1-11(2)19-10-17(23)13-5-8-16(22)15(9-13)20-18(24)12-3-6-14(7-4-12)21(25)26/h3-9,11,17,19,22-23H,10H2,1-2H3,(H,20,24). The van der Waals surface area contributed by atoms with Crippen molar-refractivity contribution in [2.75, 3.05) is 11.9 Å². The minimum absolute atomic E-state index is 0.118. The Morgan fingerprint density at radius 2 is 1.85 bits per heavy atom. The van der Waals surface area contributed by atoms with Gasteiger partial charge in [0.15, 0.2) is 0 Å². The first-order valence-corrected chi connectivity index (χ1v) is 8.08. The van der Waals surface area contributed by atoms with E-state index in [-0.39, 0.29) is 28.7 Å². The molecule has 8 heteroatoms. The van der Waals surface area contributed by atoms with E-state index in [0.717, 1.165) is 0 Å². The van der Waals surface area contributed by atoms with Crippen molar-refractivity contribution in [1.82, 2.24) is 5.32 Å². The number of aliphatic hydroxyl groups excluding tert-OH is 1.